The SMILES string of the molecule is CC(C)(CO)C(N)C(=O)O.CCCCC(O)C(=O)O. The maximum absolute atomic E-state index is 10.3. The molecule has 2 unspecified atom stereocenters. The lowest BCUT2D eigenvalue weighted by atomic mass is 9.86. The van der Waals surface area contributed by atoms with Crippen LogP contribution in [0.2, 0.25) is 0 Å². The van der Waals surface area contributed by atoms with Crippen LogP contribution >= 0.6 is 0 Å². The number of hydrogen-bond donors (Lipinski definition) is 5. The van der Waals surface area contributed by atoms with Crippen molar-refractivity contribution in [2.24, 2.45) is 11.1 Å². The van der Waals surface area contributed by atoms with Crippen molar-refractivity contribution in [2.75, 3.05) is 6.61 Å². The van der Waals surface area contributed by atoms with E-state index < -0.39 is 29.5 Å². The smallest absolute Gasteiger partial charge is 0.332 e. The molecular weight excluding hydrogens is 254 g/mol. The van der Waals surface area contributed by atoms with Crippen LogP contribution in [0.15, 0.2) is 0 Å². The summed E-state index contributed by atoms with van der Waals surface area (Å²) in [6.07, 6.45) is 0.897. The maximum Gasteiger partial charge on any atom is 0.332 e. The van der Waals surface area contributed by atoms with Gasteiger partial charge in [-0.15, -0.1) is 0 Å². The molecule has 0 heterocycles. The molecule has 0 aliphatic carbocycles. The first-order chi connectivity index (χ1) is 8.60. The van der Waals surface area contributed by atoms with Crippen molar-refractivity contribution in [3.05, 3.63) is 0 Å². The molecule has 7 nitrogen and oxygen atoms in total. The standard InChI is InChI=1S/C6H13NO3.C6H12O3/c1-6(2,3-8)4(7)5(9)10;1-2-3-4-5(7)6(8)9/h4,8H,3,7H2,1-2H3,(H,9,10);5,7H,2-4H2,1H3,(H,8,9). The van der Waals surface area contributed by atoms with Crippen molar-refractivity contribution in [3.63, 3.8) is 0 Å². The Bertz CT molecular complexity index is 279. The van der Waals surface area contributed by atoms with Crippen LogP contribution in [-0.2, 0) is 9.59 Å². The Morgan fingerprint density at radius 1 is 1.21 bits per heavy atom. The Hall–Kier alpha value is -1.18. The summed E-state index contributed by atoms with van der Waals surface area (Å²) in [4.78, 5) is 20.2. The van der Waals surface area contributed by atoms with Crippen molar-refractivity contribution in [1.82, 2.24) is 0 Å². The molecule has 114 valence electrons. The molecule has 2 atom stereocenters. The lowest BCUT2D eigenvalue weighted by Gasteiger charge is -2.25. The quantitative estimate of drug-likeness (QED) is 0.443. The summed E-state index contributed by atoms with van der Waals surface area (Å²) >= 11 is 0. The third-order valence-electron chi connectivity index (χ3n) is 2.63. The minimum Gasteiger partial charge on any atom is -0.480 e. The van der Waals surface area contributed by atoms with E-state index in [1.807, 2.05) is 6.92 Å². The summed E-state index contributed by atoms with van der Waals surface area (Å²) in [6, 6.07) is -1.00. The van der Waals surface area contributed by atoms with E-state index in [0.717, 1.165) is 12.8 Å². The minimum atomic E-state index is -1.16. The highest BCUT2D eigenvalue weighted by Crippen LogP contribution is 2.17. The Kier molecular flexibility index (Phi) is 10.3. The zero-order valence-electron chi connectivity index (χ0n) is 11.7. The van der Waals surface area contributed by atoms with Crippen LogP contribution in [0.25, 0.3) is 0 Å². The van der Waals surface area contributed by atoms with Gasteiger partial charge in [0.1, 0.15) is 6.04 Å². The van der Waals surface area contributed by atoms with Gasteiger partial charge >= 0.3 is 11.9 Å². The lowest BCUT2D eigenvalue weighted by Crippen LogP contribution is -2.45. The van der Waals surface area contributed by atoms with Crippen molar-refractivity contribution < 1.29 is 30.0 Å². The summed E-state index contributed by atoms with van der Waals surface area (Å²) in [5.41, 5.74) is 4.50. The highest BCUT2D eigenvalue weighted by molar-refractivity contribution is 5.74. The van der Waals surface area contributed by atoms with Crippen LogP contribution < -0.4 is 5.73 Å². The van der Waals surface area contributed by atoms with Gasteiger partial charge in [0.2, 0.25) is 0 Å². The molecule has 0 amide bonds. The van der Waals surface area contributed by atoms with E-state index in [1.54, 1.807) is 13.8 Å². The summed E-state index contributed by atoms with van der Waals surface area (Å²) in [7, 11) is 0. The average Bonchev–Trinajstić information content (AvgIpc) is 2.35. The molecule has 0 radical (unpaired) electrons. The van der Waals surface area contributed by atoms with Crippen LogP contribution in [0, 0.1) is 5.41 Å². The Morgan fingerprint density at radius 2 is 1.68 bits per heavy atom. The number of rotatable bonds is 7. The van der Waals surface area contributed by atoms with Gasteiger partial charge in [-0.3, -0.25) is 4.79 Å². The second kappa shape index (κ2) is 9.71. The van der Waals surface area contributed by atoms with E-state index in [0.29, 0.717) is 6.42 Å². The third-order valence-corrected chi connectivity index (χ3v) is 2.63. The van der Waals surface area contributed by atoms with Gasteiger partial charge in [0.05, 0.1) is 6.61 Å². The highest BCUT2D eigenvalue weighted by atomic mass is 16.4. The Labute approximate surface area is 113 Å². The van der Waals surface area contributed by atoms with Gasteiger partial charge in [-0.25, -0.2) is 4.79 Å². The predicted molar refractivity (Wildman–Crippen MR) is 69.6 cm³/mol. The first-order valence-electron chi connectivity index (χ1n) is 6.10. The fourth-order valence-electron chi connectivity index (χ4n) is 0.954. The van der Waals surface area contributed by atoms with Crippen LogP contribution in [0.5, 0.6) is 0 Å². The summed E-state index contributed by atoms with van der Waals surface area (Å²) < 4.78 is 0. The number of carboxylic acid groups (broad SMARTS) is 2. The molecule has 0 aromatic carbocycles. The second-order valence-electron chi connectivity index (χ2n) is 4.96. The largest absolute Gasteiger partial charge is 0.480 e. The summed E-state index contributed by atoms with van der Waals surface area (Å²) in [6.45, 7) is 4.94. The fraction of sp³-hybridized carbons (Fsp3) is 0.833. The van der Waals surface area contributed by atoms with Gasteiger partial charge in [0.15, 0.2) is 6.10 Å². The Morgan fingerprint density at radius 3 is 1.89 bits per heavy atom. The molecule has 0 spiro atoms. The van der Waals surface area contributed by atoms with Crippen molar-refractivity contribution in [2.45, 2.75) is 52.2 Å². The molecule has 0 aliphatic heterocycles. The van der Waals surface area contributed by atoms with Gasteiger partial charge in [0, 0.05) is 5.41 Å². The van der Waals surface area contributed by atoms with E-state index in [-0.39, 0.29) is 6.61 Å². The zero-order chi connectivity index (χ0) is 15.6. The third kappa shape index (κ3) is 9.40. The number of carboxylic acids is 2. The van der Waals surface area contributed by atoms with Gasteiger partial charge in [-0.1, -0.05) is 33.6 Å². The number of unbranched alkanes of at least 4 members (excludes halogenated alkanes) is 1. The maximum atomic E-state index is 10.3. The molecule has 7 heteroatoms. The van der Waals surface area contributed by atoms with E-state index in [4.69, 9.17) is 26.2 Å². The molecular formula is C12H25NO6. The van der Waals surface area contributed by atoms with Crippen LogP contribution in [-0.4, -0.2) is 51.1 Å². The van der Waals surface area contributed by atoms with Gasteiger partial charge in [-0.2, -0.15) is 0 Å². The molecule has 19 heavy (non-hydrogen) atoms. The molecule has 0 rings (SSSR count). The van der Waals surface area contributed by atoms with Crippen LogP contribution in [0.4, 0.5) is 0 Å². The van der Waals surface area contributed by atoms with Crippen molar-refractivity contribution in [1.29, 1.82) is 0 Å². The molecule has 6 N–H and O–H groups in total. The molecule has 0 aromatic rings. The first-order valence-corrected chi connectivity index (χ1v) is 6.10. The predicted octanol–water partition coefficient (Wildman–Crippen LogP) is 0.0389. The van der Waals surface area contributed by atoms with Gasteiger partial charge in [0.25, 0.3) is 0 Å². The molecule has 0 aliphatic rings. The molecule has 0 fully saturated rings. The summed E-state index contributed by atoms with van der Waals surface area (Å²) in [5.74, 6) is -2.21. The lowest BCUT2D eigenvalue weighted by molar-refractivity contribution is -0.147. The second-order valence-corrected chi connectivity index (χ2v) is 4.96. The number of aliphatic hydroxyl groups is 2. The molecule has 0 saturated heterocycles. The fourth-order valence-corrected chi connectivity index (χ4v) is 0.954. The van der Waals surface area contributed by atoms with Crippen molar-refractivity contribution >= 4 is 11.9 Å². The average molecular weight is 279 g/mol. The molecule has 0 aromatic heterocycles. The van der Waals surface area contributed by atoms with Gasteiger partial charge in [-0.05, 0) is 6.42 Å². The number of hydrogen-bond acceptors (Lipinski definition) is 5. The van der Waals surface area contributed by atoms with E-state index >= 15 is 0 Å². The number of aliphatic hydroxyl groups excluding tert-OH is 2. The highest BCUT2D eigenvalue weighted by Gasteiger charge is 2.30. The van der Waals surface area contributed by atoms with E-state index in [9.17, 15) is 9.59 Å². The van der Waals surface area contributed by atoms with Crippen LogP contribution in [0.1, 0.15) is 40.0 Å². The van der Waals surface area contributed by atoms with Crippen LogP contribution in [0.3, 0.4) is 0 Å². The topological polar surface area (TPSA) is 141 Å². The zero-order valence-corrected chi connectivity index (χ0v) is 11.7. The molecule has 0 bridgehead atoms. The number of aliphatic carboxylic acids is 2. The van der Waals surface area contributed by atoms with E-state index in [1.165, 1.54) is 0 Å². The number of nitrogens with two attached hydrogens (primary N) is 1. The number of carbonyl (C=O) groups is 2. The monoisotopic (exact) mass is 279 g/mol. The van der Waals surface area contributed by atoms with Gasteiger partial charge < -0.3 is 26.2 Å². The summed E-state index contributed by atoms with van der Waals surface area (Å²) in [5, 5.41) is 33.9. The first kappa shape index (κ1) is 20.1. The Balaban J connectivity index is 0. The van der Waals surface area contributed by atoms with Crippen molar-refractivity contribution in [3.8, 4) is 0 Å². The minimum absolute atomic E-state index is 0.222. The van der Waals surface area contributed by atoms with E-state index in [2.05, 4.69) is 0 Å². The normalized spacial score (nSPS) is 14.0. The molecule has 0 saturated carbocycles.